The van der Waals surface area contributed by atoms with Gasteiger partial charge in [-0.05, 0) is 66.1 Å². The number of carbonyl (C=O) groups excluding carboxylic acids is 5. The molecular weight excluding hydrogens is 794 g/mol. The van der Waals surface area contributed by atoms with Crippen molar-refractivity contribution in [2.24, 2.45) is 0 Å². The molecule has 1 fully saturated rings. The van der Waals surface area contributed by atoms with Crippen LogP contribution in [-0.2, 0) is 36.4 Å². The molecule has 0 radical (unpaired) electrons. The Morgan fingerprint density at radius 2 is 1.74 bits per heavy atom. The van der Waals surface area contributed by atoms with Crippen molar-refractivity contribution in [2.75, 3.05) is 29.5 Å². The number of ether oxygens (including phenoxy) is 3. The highest BCUT2D eigenvalue weighted by Crippen LogP contribution is 2.39. The molecular formula is C39H36ClN7O10S. The van der Waals surface area contributed by atoms with Crippen molar-refractivity contribution >= 4 is 63.0 Å². The maximum absolute atomic E-state index is 13.1. The van der Waals surface area contributed by atoms with E-state index in [0.717, 1.165) is 22.3 Å². The lowest BCUT2D eigenvalue weighted by molar-refractivity contribution is -0.136. The van der Waals surface area contributed by atoms with E-state index in [9.17, 15) is 37.7 Å². The summed E-state index contributed by atoms with van der Waals surface area (Å²) in [6, 6.07) is 17.5. The molecule has 3 heterocycles. The number of hydrogen-bond donors (Lipinski definition) is 3. The molecule has 3 aromatic carbocycles. The van der Waals surface area contributed by atoms with E-state index in [-0.39, 0.29) is 78.2 Å². The number of benzene rings is 3. The second kappa shape index (κ2) is 16.9. The Kier molecular flexibility index (Phi) is 11.9. The first-order valence-corrected chi connectivity index (χ1v) is 20.0. The molecule has 1 aromatic heterocycles. The number of sulfonamides is 1. The number of nitriles is 1. The minimum absolute atomic E-state index is 0.00263. The van der Waals surface area contributed by atoms with E-state index in [2.05, 4.69) is 31.4 Å². The molecule has 0 spiro atoms. The molecule has 1 atom stereocenters. The molecule has 1 saturated heterocycles. The molecule has 58 heavy (non-hydrogen) atoms. The first-order chi connectivity index (χ1) is 27.5. The molecule has 0 aliphatic carbocycles. The van der Waals surface area contributed by atoms with Crippen molar-refractivity contribution in [3.05, 3.63) is 105 Å². The Morgan fingerprint density at radius 1 is 1.00 bits per heavy atom. The van der Waals surface area contributed by atoms with Gasteiger partial charge in [-0.15, -0.1) is 0 Å². The van der Waals surface area contributed by atoms with Crippen LogP contribution in [0.5, 0.6) is 11.5 Å². The molecule has 5 amide bonds. The van der Waals surface area contributed by atoms with Crippen LogP contribution < -0.4 is 24.8 Å². The SMILES string of the molecule is CC(C)(c1ccc(OCc2ccnc(NS(C)(=O)=O)n2)cc1)c1cc(Cl)c(OCCCOC(=O)Nc2ccc3c(c2)C(=O)N(C2CCC(=O)NC2=O)C3=O)c(C#N)c1. The van der Waals surface area contributed by atoms with Gasteiger partial charge in [0.05, 0.1) is 46.9 Å². The lowest BCUT2D eigenvalue weighted by atomic mass is 9.77. The van der Waals surface area contributed by atoms with Gasteiger partial charge in [0.1, 0.15) is 24.5 Å². The number of hydrogen-bond acceptors (Lipinski definition) is 13. The first kappa shape index (κ1) is 41.1. The summed E-state index contributed by atoms with van der Waals surface area (Å²) in [5.41, 5.74) is 2.00. The standard InChI is InChI=1S/C39H36ClN7O10S/c1-39(2,23-5-8-27(9-6-23)57-21-26-13-14-42-37(43-26)46-58(3,53)54)24-17-22(20-41)33(30(40)18-24)55-15-4-16-56-38(52)44-25-7-10-28-29(19-25)36(51)47(35(28)50)31-11-12-32(48)45-34(31)49/h5-10,13-14,17-19,31H,4,11-12,15-16,21H2,1-3H3,(H,44,52)(H,42,43,46)(H,45,48,49). The average molecular weight is 830 g/mol. The quantitative estimate of drug-likeness (QED) is 0.116. The zero-order chi connectivity index (χ0) is 41.8. The van der Waals surface area contributed by atoms with Crippen molar-refractivity contribution < 1.29 is 46.6 Å². The first-order valence-electron chi connectivity index (χ1n) is 17.7. The van der Waals surface area contributed by atoms with Gasteiger partial charge >= 0.3 is 6.09 Å². The number of aromatic nitrogens is 2. The minimum Gasteiger partial charge on any atom is -0.490 e. The highest BCUT2D eigenvalue weighted by molar-refractivity contribution is 7.92. The van der Waals surface area contributed by atoms with Crippen molar-refractivity contribution in [1.82, 2.24) is 20.2 Å². The molecule has 17 nitrogen and oxygen atoms in total. The zero-order valence-corrected chi connectivity index (χ0v) is 32.9. The van der Waals surface area contributed by atoms with Crippen LogP contribution in [0.25, 0.3) is 0 Å². The van der Waals surface area contributed by atoms with E-state index in [4.69, 9.17) is 25.8 Å². The van der Waals surface area contributed by atoms with E-state index < -0.39 is 51.2 Å². The monoisotopic (exact) mass is 829 g/mol. The van der Waals surface area contributed by atoms with Gasteiger partial charge in [0.25, 0.3) is 11.8 Å². The van der Waals surface area contributed by atoms with Gasteiger partial charge in [-0.2, -0.15) is 5.26 Å². The summed E-state index contributed by atoms with van der Waals surface area (Å²) in [6.45, 7) is 4.02. The number of carbonyl (C=O) groups is 5. The molecule has 2 aliphatic heterocycles. The number of rotatable bonds is 14. The predicted molar refractivity (Wildman–Crippen MR) is 208 cm³/mol. The van der Waals surface area contributed by atoms with Crippen LogP contribution >= 0.6 is 11.6 Å². The maximum atomic E-state index is 13.1. The zero-order valence-electron chi connectivity index (χ0n) is 31.3. The Labute approximate surface area is 337 Å². The number of halogens is 1. The molecule has 1 unspecified atom stereocenters. The van der Waals surface area contributed by atoms with Gasteiger partial charge in [0.2, 0.25) is 27.8 Å². The van der Waals surface area contributed by atoms with Crippen LogP contribution in [0, 0.1) is 11.3 Å². The molecule has 0 bridgehead atoms. The largest absolute Gasteiger partial charge is 0.490 e. The van der Waals surface area contributed by atoms with Crippen LogP contribution in [0.4, 0.5) is 16.4 Å². The van der Waals surface area contributed by atoms with E-state index in [0.29, 0.717) is 11.4 Å². The summed E-state index contributed by atoms with van der Waals surface area (Å²) < 4.78 is 42.1. The van der Waals surface area contributed by atoms with Gasteiger partial charge in [0, 0.05) is 30.1 Å². The molecule has 3 N–H and O–H groups in total. The molecule has 4 aromatic rings. The van der Waals surface area contributed by atoms with Crippen LogP contribution in [0.2, 0.25) is 5.02 Å². The van der Waals surface area contributed by atoms with Gasteiger partial charge < -0.3 is 14.2 Å². The highest BCUT2D eigenvalue weighted by Gasteiger charge is 2.44. The molecule has 6 rings (SSSR count). The third-order valence-corrected chi connectivity index (χ3v) is 10.1. The predicted octanol–water partition coefficient (Wildman–Crippen LogP) is 4.70. The fourth-order valence-electron chi connectivity index (χ4n) is 6.27. The molecule has 2 aliphatic rings. The molecule has 0 saturated carbocycles. The van der Waals surface area contributed by atoms with Crippen molar-refractivity contribution in [2.45, 2.75) is 51.2 Å². The van der Waals surface area contributed by atoms with Crippen LogP contribution in [0.15, 0.2) is 66.9 Å². The van der Waals surface area contributed by atoms with Crippen molar-refractivity contribution in [3.63, 3.8) is 0 Å². The summed E-state index contributed by atoms with van der Waals surface area (Å²) in [5, 5.41) is 14.8. The number of nitrogens with zero attached hydrogens (tertiary/aromatic N) is 4. The van der Waals surface area contributed by atoms with Gasteiger partial charge in [-0.1, -0.05) is 37.6 Å². The van der Waals surface area contributed by atoms with Gasteiger partial charge in [-0.25, -0.2) is 23.2 Å². The molecule has 300 valence electrons. The fourth-order valence-corrected chi connectivity index (χ4v) is 6.97. The van der Waals surface area contributed by atoms with E-state index in [1.54, 1.807) is 30.3 Å². The lowest BCUT2D eigenvalue weighted by Gasteiger charge is -2.27. The van der Waals surface area contributed by atoms with Crippen LogP contribution in [0.3, 0.4) is 0 Å². The second-order valence-electron chi connectivity index (χ2n) is 13.8. The van der Waals surface area contributed by atoms with Gasteiger partial charge in [0.15, 0.2) is 5.75 Å². The van der Waals surface area contributed by atoms with E-state index in [1.807, 2.05) is 26.0 Å². The number of anilines is 2. The van der Waals surface area contributed by atoms with Crippen molar-refractivity contribution in [1.29, 1.82) is 5.26 Å². The number of nitrogens with one attached hydrogen (secondary N) is 3. The maximum Gasteiger partial charge on any atom is 0.411 e. The summed E-state index contributed by atoms with van der Waals surface area (Å²) in [7, 11) is -3.53. The normalized spacial score (nSPS) is 15.3. The highest BCUT2D eigenvalue weighted by atomic mass is 35.5. The van der Waals surface area contributed by atoms with Crippen LogP contribution in [0.1, 0.15) is 76.2 Å². The van der Waals surface area contributed by atoms with E-state index in [1.165, 1.54) is 24.4 Å². The second-order valence-corrected chi connectivity index (χ2v) is 16.0. The number of imide groups is 2. The topological polar surface area (TPSA) is 236 Å². The van der Waals surface area contributed by atoms with Crippen LogP contribution in [-0.4, -0.2) is 78.5 Å². The Balaban J connectivity index is 0.992. The smallest absolute Gasteiger partial charge is 0.411 e. The number of fused-ring (bicyclic) bond motifs is 1. The Morgan fingerprint density at radius 3 is 2.45 bits per heavy atom. The Bertz CT molecular complexity index is 2470. The third-order valence-electron chi connectivity index (χ3n) is 9.29. The number of piperidine rings is 1. The van der Waals surface area contributed by atoms with E-state index >= 15 is 0 Å². The Hall–Kier alpha value is -6.58. The average Bonchev–Trinajstić information content (AvgIpc) is 3.41. The van der Waals surface area contributed by atoms with Crippen molar-refractivity contribution in [3.8, 4) is 17.6 Å². The van der Waals surface area contributed by atoms with Gasteiger partial charge in [-0.3, -0.25) is 39.4 Å². The lowest BCUT2D eigenvalue weighted by Crippen LogP contribution is -2.54. The molecule has 19 heteroatoms. The summed E-state index contributed by atoms with van der Waals surface area (Å²) in [6.07, 6.45) is 1.86. The summed E-state index contributed by atoms with van der Waals surface area (Å²) >= 11 is 6.64. The third kappa shape index (κ3) is 9.33. The summed E-state index contributed by atoms with van der Waals surface area (Å²) in [4.78, 5) is 71.2. The minimum atomic E-state index is -3.53. The summed E-state index contributed by atoms with van der Waals surface area (Å²) in [5.74, 6) is -1.90. The fraction of sp³-hybridized carbons (Fsp3) is 0.282. The number of amides is 5.